The molecule has 0 aliphatic rings. The van der Waals surface area contributed by atoms with Crippen molar-refractivity contribution in [1.29, 1.82) is 0 Å². The molecule has 0 fully saturated rings. The Morgan fingerprint density at radius 1 is 1.02 bits per heavy atom. The molecule has 3 N–H and O–H groups in total. The summed E-state index contributed by atoms with van der Waals surface area (Å²) < 4.78 is 6.09. The molecule has 0 saturated carbocycles. The van der Waals surface area contributed by atoms with Gasteiger partial charge < -0.3 is 20.5 Å². The molecule has 3 aromatic rings. The molecule has 0 radical (unpaired) electrons. The van der Waals surface area contributed by atoms with Crippen LogP contribution in [0.2, 0.25) is 4.34 Å². The van der Waals surface area contributed by atoms with Crippen LogP contribution < -0.4 is 15.4 Å². The summed E-state index contributed by atoms with van der Waals surface area (Å²) in [5.74, 6) is -1.82. The Morgan fingerprint density at radius 2 is 1.76 bits per heavy atom. The van der Waals surface area contributed by atoms with Gasteiger partial charge >= 0.3 is 5.97 Å². The van der Waals surface area contributed by atoms with Crippen molar-refractivity contribution in [2.24, 2.45) is 5.92 Å². The molecule has 8 nitrogen and oxygen atoms in total. The minimum atomic E-state index is -1.21. The highest BCUT2D eigenvalue weighted by Crippen LogP contribution is 2.33. The lowest BCUT2D eigenvalue weighted by Gasteiger charge is -2.25. The van der Waals surface area contributed by atoms with Gasteiger partial charge in [0.25, 0.3) is 0 Å². The van der Waals surface area contributed by atoms with Crippen LogP contribution in [0.3, 0.4) is 0 Å². The fourth-order valence-electron chi connectivity index (χ4n) is 4.10. The van der Waals surface area contributed by atoms with Gasteiger partial charge in [0, 0.05) is 16.2 Å². The molecule has 1 heterocycles. The third-order valence-corrected chi connectivity index (χ3v) is 8.50. The van der Waals surface area contributed by atoms with Crippen molar-refractivity contribution >= 4 is 58.3 Å². The minimum Gasteiger partial charge on any atom is -0.496 e. The zero-order chi connectivity index (χ0) is 29.9. The first-order valence-electron chi connectivity index (χ1n) is 13.0. The van der Waals surface area contributed by atoms with E-state index in [1.807, 2.05) is 48.5 Å². The largest absolute Gasteiger partial charge is 0.496 e. The first kappa shape index (κ1) is 32.2. The van der Waals surface area contributed by atoms with Crippen molar-refractivity contribution in [1.82, 2.24) is 10.6 Å². The zero-order valence-electron chi connectivity index (χ0n) is 23.0. The summed E-state index contributed by atoms with van der Waals surface area (Å²) in [6.07, 6.45) is -0.605. The predicted octanol–water partition coefficient (Wildman–Crippen LogP) is 5.22. The summed E-state index contributed by atoms with van der Waals surface area (Å²) >= 11 is 8.84. The van der Waals surface area contributed by atoms with Crippen LogP contribution in [0.25, 0.3) is 10.4 Å². The van der Waals surface area contributed by atoms with Crippen molar-refractivity contribution in [2.45, 2.75) is 44.5 Å². The third-order valence-electron chi connectivity index (χ3n) is 6.19. The lowest BCUT2D eigenvalue weighted by Crippen LogP contribution is -2.54. The van der Waals surface area contributed by atoms with Crippen molar-refractivity contribution in [3.8, 4) is 16.2 Å². The van der Waals surface area contributed by atoms with E-state index < -0.39 is 42.1 Å². The second-order valence-corrected chi connectivity index (χ2v) is 12.4. The SMILES string of the molecule is COc1ccc(-c2ccc(Cl)s2)cc1CC(=O)NC(C(=O)NC(CC(=O)O)C(=O)CSCc1ccccc1)C(C)C. The third kappa shape index (κ3) is 9.91. The first-order valence-corrected chi connectivity index (χ1v) is 15.3. The number of halogens is 1. The van der Waals surface area contributed by atoms with Gasteiger partial charge in [-0.2, -0.15) is 0 Å². The Balaban J connectivity index is 1.66. The number of carbonyl (C=O) groups excluding carboxylic acids is 3. The molecular formula is C30H33ClN2O6S2. The minimum absolute atomic E-state index is 0.0391. The van der Waals surface area contributed by atoms with E-state index in [0.29, 0.717) is 21.4 Å². The van der Waals surface area contributed by atoms with E-state index in [-0.39, 0.29) is 18.1 Å². The lowest BCUT2D eigenvalue weighted by atomic mass is 10.0. The summed E-state index contributed by atoms with van der Waals surface area (Å²) in [7, 11) is 1.51. The van der Waals surface area contributed by atoms with Crippen molar-refractivity contribution < 1.29 is 29.0 Å². The maximum Gasteiger partial charge on any atom is 0.305 e. The molecule has 2 unspecified atom stereocenters. The van der Waals surface area contributed by atoms with E-state index >= 15 is 0 Å². The Labute approximate surface area is 252 Å². The van der Waals surface area contributed by atoms with E-state index in [0.717, 1.165) is 16.0 Å². The van der Waals surface area contributed by atoms with Gasteiger partial charge in [-0.05, 0) is 47.4 Å². The van der Waals surface area contributed by atoms with Crippen LogP contribution in [0.4, 0.5) is 0 Å². The van der Waals surface area contributed by atoms with E-state index in [1.54, 1.807) is 26.0 Å². The van der Waals surface area contributed by atoms with Crippen LogP contribution in [0.1, 0.15) is 31.4 Å². The highest BCUT2D eigenvalue weighted by molar-refractivity contribution is 7.99. The number of rotatable bonds is 15. The molecule has 218 valence electrons. The second kappa shape index (κ2) is 15.6. The second-order valence-electron chi connectivity index (χ2n) is 9.70. The Hall–Kier alpha value is -3.34. The Kier molecular flexibility index (Phi) is 12.2. The smallest absolute Gasteiger partial charge is 0.305 e. The molecule has 0 bridgehead atoms. The number of hydrogen-bond donors (Lipinski definition) is 3. The first-order chi connectivity index (χ1) is 19.6. The number of thioether (sulfide) groups is 1. The molecule has 3 rings (SSSR count). The van der Waals surface area contributed by atoms with Crippen LogP contribution >= 0.6 is 34.7 Å². The molecule has 2 amide bonds. The van der Waals surface area contributed by atoms with Gasteiger partial charge in [-0.3, -0.25) is 19.2 Å². The zero-order valence-corrected chi connectivity index (χ0v) is 25.4. The number of nitrogens with one attached hydrogen (secondary N) is 2. The topological polar surface area (TPSA) is 122 Å². The number of methoxy groups -OCH3 is 1. The number of carboxylic acids is 1. The standard InChI is InChI=1S/C30H33ClN2O6S2/c1-18(2)29(30(38)32-22(15-28(36)37)23(34)17-40-16-19-7-5-4-6-8-19)33-27(35)14-21-13-20(9-10-24(21)39-3)25-11-12-26(31)41-25/h4-13,18,22,29H,14-17H2,1-3H3,(H,32,38)(H,33,35)(H,36,37). The summed E-state index contributed by atoms with van der Waals surface area (Å²) in [6.45, 7) is 3.52. The quantitative estimate of drug-likeness (QED) is 0.214. The number of hydrogen-bond acceptors (Lipinski definition) is 7. The summed E-state index contributed by atoms with van der Waals surface area (Å²) in [6, 6.07) is 16.6. The van der Waals surface area contributed by atoms with E-state index in [9.17, 15) is 24.3 Å². The summed E-state index contributed by atoms with van der Waals surface area (Å²) in [4.78, 5) is 51.6. The molecular weight excluding hydrogens is 584 g/mol. The number of ketones is 1. The summed E-state index contributed by atoms with van der Waals surface area (Å²) in [5.41, 5.74) is 2.54. The van der Waals surface area contributed by atoms with Gasteiger partial charge in [0.15, 0.2) is 5.78 Å². The molecule has 0 aliphatic heterocycles. The number of ether oxygens (including phenoxy) is 1. The van der Waals surface area contributed by atoms with Gasteiger partial charge in [0.1, 0.15) is 11.8 Å². The van der Waals surface area contributed by atoms with Crippen molar-refractivity contribution in [3.05, 3.63) is 76.1 Å². The Morgan fingerprint density at radius 3 is 2.37 bits per heavy atom. The summed E-state index contributed by atoms with van der Waals surface area (Å²) in [5, 5.41) is 14.7. The molecule has 0 spiro atoms. The van der Waals surface area contributed by atoms with E-state index in [4.69, 9.17) is 16.3 Å². The molecule has 11 heteroatoms. The number of aliphatic carboxylic acids is 1. The normalized spacial score (nSPS) is 12.4. The average Bonchev–Trinajstić information content (AvgIpc) is 3.37. The number of benzene rings is 2. The fourth-order valence-corrected chi connectivity index (χ4v) is 6.07. The van der Waals surface area contributed by atoms with Crippen LogP contribution in [-0.4, -0.2) is 53.6 Å². The van der Waals surface area contributed by atoms with Gasteiger partial charge in [0.2, 0.25) is 11.8 Å². The fraction of sp³-hybridized carbons (Fsp3) is 0.333. The lowest BCUT2D eigenvalue weighted by molar-refractivity contribution is -0.140. The Bertz CT molecular complexity index is 1360. The monoisotopic (exact) mass is 616 g/mol. The maximum absolute atomic E-state index is 13.2. The van der Waals surface area contributed by atoms with E-state index in [1.165, 1.54) is 30.2 Å². The molecule has 2 atom stereocenters. The number of thiophene rings is 1. The molecule has 41 heavy (non-hydrogen) atoms. The van der Waals surface area contributed by atoms with Crippen molar-refractivity contribution in [2.75, 3.05) is 12.9 Å². The number of carboxylic acid groups (broad SMARTS) is 1. The number of Topliss-reactive ketones (excluding diaryl/α,β-unsaturated/α-hetero) is 1. The van der Waals surface area contributed by atoms with Gasteiger partial charge in [-0.25, -0.2) is 0 Å². The van der Waals surface area contributed by atoms with Crippen molar-refractivity contribution in [3.63, 3.8) is 0 Å². The van der Waals surface area contributed by atoms with Crippen LogP contribution in [0.15, 0.2) is 60.7 Å². The highest BCUT2D eigenvalue weighted by Gasteiger charge is 2.30. The number of amides is 2. The maximum atomic E-state index is 13.2. The molecule has 0 saturated heterocycles. The van der Waals surface area contributed by atoms with Gasteiger partial charge in [0.05, 0.1) is 36.1 Å². The van der Waals surface area contributed by atoms with Crippen LogP contribution in [-0.2, 0) is 31.4 Å². The molecule has 2 aromatic carbocycles. The number of carbonyl (C=O) groups is 4. The molecule has 0 aliphatic carbocycles. The van der Waals surface area contributed by atoms with Gasteiger partial charge in [-0.1, -0.05) is 55.8 Å². The van der Waals surface area contributed by atoms with Crippen LogP contribution in [0.5, 0.6) is 5.75 Å². The molecule has 1 aromatic heterocycles. The average molecular weight is 617 g/mol. The van der Waals surface area contributed by atoms with Gasteiger partial charge in [-0.15, -0.1) is 23.1 Å². The predicted molar refractivity (Wildman–Crippen MR) is 164 cm³/mol. The highest BCUT2D eigenvalue weighted by atomic mass is 35.5. The van der Waals surface area contributed by atoms with Crippen LogP contribution in [0, 0.1) is 5.92 Å². The van der Waals surface area contributed by atoms with E-state index in [2.05, 4.69) is 10.6 Å².